The fraction of sp³-hybridized carbons (Fsp3) is 0.400. The van der Waals surface area contributed by atoms with Crippen molar-refractivity contribution in [2.24, 2.45) is 0 Å². The second kappa shape index (κ2) is 4.90. The number of thiazole rings is 2. The molecule has 86 valence electrons. The fourth-order valence-corrected chi connectivity index (χ4v) is 3.02. The minimum Gasteiger partial charge on any atom is -0.378 e. The van der Waals surface area contributed by atoms with Gasteiger partial charge >= 0.3 is 0 Å². The van der Waals surface area contributed by atoms with Gasteiger partial charge in [-0.05, 0) is 6.92 Å². The van der Waals surface area contributed by atoms with Crippen LogP contribution in [-0.2, 0) is 11.3 Å². The summed E-state index contributed by atoms with van der Waals surface area (Å²) in [4.78, 5) is 10.0. The number of aryl methyl sites for hydroxylation is 1. The summed E-state index contributed by atoms with van der Waals surface area (Å²) in [7, 11) is 3.55. The summed E-state index contributed by atoms with van der Waals surface area (Å²) in [6.07, 6.45) is 0. The second-order valence-corrected chi connectivity index (χ2v) is 5.29. The van der Waals surface area contributed by atoms with Gasteiger partial charge in [0.15, 0.2) is 5.13 Å². The zero-order valence-corrected chi connectivity index (χ0v) is 11.0. The number of ether oxygens (including phenoxy) is 1. The van der Waals surface area contributed by atoms with Crippen molar-refractivity contribution in [1.29, 1.82) is 0 Å². The number of methoxy groups -OCH3 is 1. The first-order valence-corrected chi connectivity index (χ1v) is 6.53. The number of nitrogens with one attached hydrogen (secondary N) is 1. The Balaban J connectivity index is 2.37. The number of hydrogen-bond donors (Lipinski definition) is 1. The molecule has 0 unspecified atom stereocenters. The molecule has 4 nitrogen and oxygen atoms in total. The second-order valence-electron chi connectivity index (χ2n) is 3.23. The third-order valence-electron chi connectivity index (χ3n) is 2.04. The smallest absolute Gasteiger partial charge is 0.182 e. The number of aromatic nitrogens is 2. The Morgan fingerprint density at radius 2 is 2.25 bits per heavy atom. The van der Waals surface area contributed by atoms with E-state index in [-0.39, 0.29) is 0 Å². The van der Waals surface area contributed by atoms with Gasteiger partial charge in [-0.1, -0.05) is 0 Å². The quantitative estimate of drug-likeness (QED) is 0.912. The Labute approximate surface area is 102 Å². The predicted octanol–water partition coefficient (Wildman–Crippen LogP) is 2.76. The topological polar surface area (TPSA) is 47.0 Å². The first-order valence-electron chi connectivity index (χ1n) is 4.83. The minimum atomic E-state index is 0.534. The molecule has 1 N–H and O–H groups in total. The van der Waals surface area contributed by atoms with Crippen LogP contribution in [0.3, 0.4) is 0 Å². The van der Waals surface area contributed by atoms with E-state index >= 15 is 0 Å². The van der Waals surface area contributed by atoms with E-state index in [1.165, 1.54) is 0 Å². The molecule has 0 bridgehead atoms. The van der Waals surface area contributed by atoms with Gasteiger partial charge in [-0.3, -0.25) is 0 Å². The molecule has 0 atom stereocenters. The van der Waals surface area contributed by atoms with E-state index in [0.29, 0.717) is 6.61 Å². The van der Waals surface area contributed by atoms with Gasteiger partial charge in [-0.2, -0.15) is 0 Å². The monoisotopic (exact) mass is 255 g/mol. The molecular weight excluding hydrogens is 242 g/mol. The van der Waals surface area contributed by atoms with Crippen molar-refractivity contribution in [3.63, 3.8) is 0 Å². The molecule has 16 heavy (non-hydrogen) atoms. The number of hydrogen-bond acceptors (Lipinski definition) is 6. The van der Waals surface area contributed by atoms with Gasteiger partial charge in [0.05, 0.1) is 27.9 Å². The molecule has 0 aliphatic heterocycles. The van der Waals surface area contributed by atoms with Gasteiger partial charge in [0.25, 0.3) is 0 Å². The van der Waals surface area contributed by atoms with Crippen LogP contribution in [0.25, 0.3) is 10.6 Å². The van der Waals surface area contributed by atoms with Crippen molar-refractivity contribution < 1.29 is 4.74 Å². The van der Waals surface area contributed by atoms with Crippen LogP contribution in [0.4, 0.5) is 5.13 Å². The molecule has 0 aliphatic carbocycles. The maximum Gasteiger partial charge on any atom is 0.182 e. The number of rotatable bonds is 4. The summed E-state index contributed by atoms with van der Waals surface area (Å²) in [5.74, 6) is 0. The largest absolute Gasteiger partial charge is 0.378 e. The van der Waals surface area contributed by atoms with E-state index in [1.54, 1.807) is 29.8 Å². The van der Waals surface area contributed by atoms with Crippen molar-refractivity contribution in [2.75, 3.05) is 19.5 Å². The number of nitrogens with zero attached hydrogens (tertiary/aromatic N) is 2. The molecule has 0 fully saturated rings. The highest BCUT2D eigenvalue weighted by Gasteiger charge is 2.13. The molecule has 2 heterocycles. The molecule has 0 amide bonds. The molecule has 0 radical (unpaired) electrons. The maximum absolute atomic E-state index is 5.14. The fourth-order valence-electron chi connectivity index (χ4n) is 1.40. The molecule has 0 saturated heterocycles. The van der Waals surface area contributed by atoms with Crippen LogP contribution in [0.2, 0.25) is 0 Å². The average Bonchev–Trinajstić information content (AvgIpc) is 2.85. The molecule has 6 heteroatoms. The van der Waals surface area contributed by atoms with Crippen LogP contribution in [0, 0.1) is 6.92 Å². The van der Waals surface area contributed by atoms with Crippen molar-refractivity contribution in [3.8, 4) is 10.6 Å². The third-order valence-corrected chi connectivity index (χ3v) is 3.93. The first kappa shape index (κ1) is 11.5. The van der Waals surface area contributed by atoms with Crippen LogP contribution >= 0.6 is 22.7 Å². The van der Waals surface area contributed by atoms with Crippen LogP contribution in [-0.4, -0.2) is 24.1 Å². The minimum absolute atomic E-state index is 0.534. The Kier molecular flexibility index (Phi) is 3.52. The number of anilines is 1. The molecule has 0 aromatic carbocycles. The highest BCUT2D eigenvalue weighted by molar-refractivity contribution is 7.16. The molecule has 0 spiro atoms. The highest BCUT2D eigenvalue weighted by atomic mass is 32.1. The lowest BCUT2D eigenvalue weighted by Gasteiger charge is -1.97. The predicted molar refractivity (Wildman–Crippen MR) is 68.2 cm³/mol. The third kappa shape index (κ3) is 2.23. The zero-order chi connectivity index (χ0) is 11.5. The average molecular weight is 255 g/mol. The van der Waals surface area contributed by atoms with Crippen LogP contribution < -0.4 is 5.32 Å². The summed E-state index contributed by atoms with van der Waals surface area (Å²) in [6, 6.07) is 0. The van der Waals surface area contributed by atoms with Crippen molar-refractivity contribution in [1.82, 2.24) is 9.97 Å². The van der Waals surface area contributed by atoms with E-state index in [4.69, 9.17) is 4.74 Å². The van der Waals surface area contributed by atoms with Crippen molar-refractivity contribution >= 4 is 27.8 Å². The Morgan fingerprint density at radius 3 is 2.88 bits per heavy atom. The van der Waals surface area contributed by atoms with Gasteiger partial charge in [-0.25, -0.2) is 9.97 Å². The normalized spacial score (nSPS) is 10.7. The lowest BCUT2D eigenvalue weighted by molar-refractivity contribution is 0.182. The van der Waals surface area contributed by atoms with E-state index in [2.05, 4.69) is 15.3 Å². The van der Waals surface area contributed by atoms with Crippen LogP contribution in [0.5, 0.6) is 0 Å². The van der Waals surface area contributed by atoms with E-state index in [0.717, 1.165) is 26.4 Å². The van der Waals surface area contributed by atoms with Crippen molar-refractivity contribution in [2.45, 2.75) is 13.5 Å². The van der Waals surface area contributed by atoms with Gasteiger partial charge in [-0.15, -0.1) is 22.7 Å². The van der Waals surface area contributed by atoms with E-state index in [9.17, 15) is 0 Å². The van der Waals surface area contributed by atoms with Gasteiger partial charge in [0.2, 0.25) is 0 Å². The maximum atomic E-state index is 5.14. The van der Waals surface area contributed by atoms with Gasteiger partial charge < -0.3 is 10.1 Å². The molecular formula is C10H13N3OS2. The summed E-state index contributed by atoms with van der Waals surface area (Å²) in [5, 5.41) is 7.04. The molecule has 2 rings (SSSR count). The van der Waals surface area contributed by atoms with Gasteiger partial charge in [0, 0.05) is 19.5 Å². The van der Waals surface area contributed by atoms with Crippen LogP contribution in [0.1, 0.15) is 10.7 Å². The standard InChI is InChI=1S/C10H13N3OS2/c1-6-12-7(4-14-3)9(16-6)8-5-15-10(11-2)13-8/h5H,4H2,1-3H3,(H,11,13). The Hall–Kier alpha value is -0.980. The van der Waals surface area contributed by atoms with E-state index < -0.39 is 0 Å². The van der Waals surface area contributed by atoms with Crippen molar-refractivity contribution in [3.05, 3.63) is 16.1 Å². The summed E-state index contributed by atoms with van der Waals surface area (Å²) < 4.78 is 5.14. The van der Waals surface area contributed by atoms with Gasteiger partial charge in [0.1, 0.15) is 0 Å². The van der Waals surface area contributed by atoms with E-state index in [1.807, 2.05) is 19.4 Å². The Morgan fingerprint density at radius 1 is 1.44 bits per heavy atom. The lowest BCUT2D eigenvalue weighted by Crippen LogP contribution is -1.91. The molecule has 0 saturated carbocycles. The molecule has 2 aromatic rings. The summed E-state index contributed by atoms with van der Waals surface area (Å²) >= 11 is 3.25. The first-order chi connectivity index (χ1) is 7.74. The lowest BCUT2D eigenvalue weighted by atomic mass is 10.3. The Bertz CT molecular complexity index is 478. The molecule has 2 aromatic heterocycles. The summed E-state index contributed by atoms with van der Waals surface area (Å²) in [5.41, 5.74) is 1.95. The van der Waals surface area contributed by atoms with Crippen LogP contribution in [0.15, 0.2) is 5.38 Å². The highest BCUT2D eigenvalue weighted by Crippen LogP contribution is 2.32. The SMILES string of the molecule is CNc1nc(-c2sc(C)nc2COC)cs1. The summed E-state index contributed by atoms with van der Waals surface area (Å²) in [6.45, 7) is 2.53. The zero-order valence-electron chi connectivity index (χ0n) is 9.40. The molecule has 0 aliphatic rings.